The van der Waals surface area contributed by atoms with Crippen LogP contribution in [0.5, 0.6) is 5.75 Å². The molecule has 0 aliphatic carbocycles. The lowest BCUT2D eigenvalue weighted by atomic mass is 10.2. The number of hydrogen-bond donors (Lipinski definition) is 1. The molecule has 0 radical (unpaired) electrons. The lowest BCUT2D eigenvalue weighted by Crippen LogP contribution is -2.29. The largest absolute Gasteiger partial charge is 0.489 e. The summed E-state index contributed by atoms with van der Waals surface area (Å²) in [5, 5.41) is 2.89. The van der Waals surface area contributed by atoms with E-state index in [-0.39, 0.29) is 4.90 Å². The number of anilines is 3. The number of nitrogens with one attached hydrogen (secondary N) is 1. The van der Waals surface area contributed by atoms with E-state index in [1.54, 1.807) is 17.5 Å². The van der Waals surface area contributed by atoms with Gasteiger partial charge in [0.15, 0.2) is 5.13 Å². The van der Waals surface area contributed by atoms with Crippen LogP contribution in [0.3, 0.4) is 0 Å². The minimum atomic E-state index is -3.76. The van der Waals surface area contributed by atoms with Crippen molar-refractivity contribution < 1.29 is 13.2 Å². The molecule has 2 heterocycles. The molecular weight excluding hydrogens is 429 g/mol. The molecular formula is C17H13Cl2N3O3S2. The highest BCUT2D eigenvalue weighted by atomic mass is 35.5. The summed E-state index contributed by atoms with van der Waals surface area (Å²) in [5.74, 6) is 0.458. The van der Waals surface area contributed by atoms with Gasteiger partial charge in [-0.1, -0.05) is 29.3 Å². The molecule has 0 fully saturated rings. The summed E-state index contributed by atoms with van der Waals surface area (Å²) in [6, 6.07) is 10.1. The van der Waals surface area contributed by atoms with Crippen molar-refractivity contribution in [2.75, 3.05) is 22.8 Å². The summed E-state index contributed by atoms with van der Waals surface area (Å²) in [4.78, 5) is 5.99. The first kappa shape index (κ1) is 18.4. The molecule has 6 nitrogen and oxygen atoms in total. The Labute approximate surface area is 170 Å². The van der Waals surface area contributed by atoms with E-state index in [0.29, 0.717) is 34.1 Å². The van der Waals surface area contributed by atoms with Gasteiger partial charge >= 0.3 is 0 Å². The van der Waals surface area contributed by atoms with Crippen LogP contribution >= 0.6 is 34.5 Å². The van der Waals surface area contributed by atoms with Gasteiger partial charge < -0.3 is 9.64 Å². The van der Waals surface area contributed by atoms with Gasteiger partial charge in [-0.05, 0) is 24.3 Å². The number of thiazole rings is 1. The van der Waals surface area contributed by atoms with E-state index in [2.05, 4.69) is 9.71 Å². The number of fused-ring (bicyclic) bond motifs is 1. The first-order valence-corrected chi connectivity index (χ1v) is 11.0. The van der Waals surface area contributed by atoms with E-state index in [0.717, 1.165) is 11.4 Å². The number of ether oxygens (including phenoxy) is 1. The average molecular weight is 442 g/mol. The van der Waals surface area contributed by atoms with Crippen LogP contribution in [0.4, 0.5) is 16.5 Å². The van der Waals surface area contributed by atoms with Gasteiger partial charge in [-0.15, -0.1) is 11.3 Å². The maximum Gasteiger partial charge on any atom is 0.263 e. The second-order valence-corrected chi connectivity index (χ2v) is 9.01. The van der Waals surface area contributed by atoms with Crippen LogP contribution in [-0.4, -0.2) is 26.6 Å². The third-order valence-corrected chi connectivity index (χ3v) is 6.94. The van der Waals surface area contributed by atoms with E-state index in [9.17, 15) is 8.42 Å². The van der Waals surface area contributed by atoms with Gasteiger partial charge in [0.1, 0.15) is 12.4 Å². The Kier molecular flexibility index (Phi) is 4.90. The number of rotatable bonds is 4. The zero-order valence-corrected chi connectivity index (χ0v) is 16.9. The first-order chi connectivity index (χ1) is 13.0. The smallest absolute Gasteiger partial charge is 0.263 e. The lowest BCUT2D eigenvalue weighted by molar-refractivity contribution is 0.313. The third-order valence-electron chi connectivity index (χ3n) is 3.98. The highest BCUT2D eigenvalue weighted by molar-refractivity contribution is 7.93. The molecule has 4 rings (SSSR count). The molecule has 27 heavy (non-hydrogen) atoms. The van der Waals surface area contributed by atoms with Crippen LogP contribution < -0.4 is 14.4 Å². The second-order valence-electron chi connectivity index (χ2n) is 5.65. The minimum absolute atomic E-state index is 0.0930. The van der Waals surface area contributed by atoms with Crippen molar-refractivity contribution in [1.82, 2.24) is 4.98 Å². The van der Waals surface area contributed by atoms with Crippen molar-refractivity contribution in [3.63, 3.8) is 0 Å². The van der Waals surface area contributed by atoms with Crippen LogP contribution in [0.2, 0.25) is 10.0 Å². The van der Waals surface area contributed by atoms with Gasteiger partial charge in [-0.2, -0.15) is 0 Å². The molecule has 1 N–H and O–H groups in total. The molecule has 140 valence electrons. The predicted molar refractivity (Wildman–Crippen MR) is 108 cm³/mol. The molecule has 0 saturated carbocycles. The van der Waals surface area contributed by atoms with Gasteiger partial charge in [0, 0.05) is 17.6 Å². The monoisotopic (exact) mass is 441 g/mol. The summed E-state index contributed by atoms with van der Waals surface area (Å²) in [5.41, 5.74) is 1.46. The Balaban J connectivity index is 1.71. The van der Waals surface area contributed by atoms with E-state index in [1.165, 1.54) is 29.7 Å². The lowest BCUT2D eigenvalue weighted by Gasteiger charge is -2.32. The number of sulfonamides is 1. The van der Waals surface area contributed by atoms with Crippen LogP contribution in [0, 0.1) is 0 Å². The molecule has 1 aliphatic heterocycles. The Morgan fingerprint density at radius 1 is 1.19 bits per heavy atom. The Morgan fingerprint density at radius 3 is 2.81 bits per heavy atom. The van der Waals surface area contributed by atoms with Crippen molar-refractivity contribution in [3.05, 3.63) is 58.0 Å². The van der Waals surface area contributed by atoms with E-state index < -0.39 is 10.0 Å². The standard InChI is InChI=1S/C17H13Cl2N3O3S2/c18-12-2-1-3-14(16(12)19)22-7-8-25-15-10-11(4-5-13(15)22)27(23,24)21-17-20-6-9-26-17/h1-6,9-10H,7-8H2,(H,20,21). The van der Waals surface area contributed by atoms with Crippen molar-refractivity contribution >= 4 is 61.1 Å². The highest BCUT2D eigenvalue weighted by Gasteiger charge is 2.25. The quantitative estimate of drug-likeness (QED) is 0.630. The topological polar surface area (TPSA) is 71.5 Å². The van der Waals surface area contributed by atoms with Crippen molar-refractivity contribution in [1.29, 1.82) is 0 Å². The minimum Gasteiger partial charge on any atom is -0.489 e. The van der Waals surface area contributed by atoms with Gasteiger partial charge in [0.05, 0.1) is 32.9 Å². The summed E-state index contributed by atoms with van der Waals surface area (Å²) in [7, 11) is -3.76. The summed E-state index contributed by atoms with van der Waals surface area (Å²) in [6.45, 7) is 0.954. The second kappa shape index (κ2) is 7.20. The molecule has 0 atom stereocenters. The Hall–Kier alpha value is -2.00. The molecule has 0 saturated heterocycles. The van der Waals surface area contributed by atoms with Crippen LogP contribution in [0.1, 0.15) is 0 Å². The van der Waals surface area contributed by atoms with E-state index in [1.807, 2.05) is 17.0 Å². The van der Waals surface area contributed by atoms with E-state index >= 15 is 0 Å². The number of nitrogens with zero attached hydrogens (tertiary/aromatic N) is 2. The number of benzene rings is 2. The highest BCUT2D eigenvalue weighted by Crippen LogP contribution is 2.42. The van der Waals surface area contributed by atoms with Gasteiger partial charge in [0.25, 0.3) is 10.0 Å². The molecule has 3 aromatic rings. The first-order valence-electron chi connectivity index (χ1n) is 7.86. The molecule has 0 bridgehead atoms. The summed E-state index contributed by atoms with van der Waals surface area (Å²) in [6.07, 6.45) is 1.53. The average Bonchev–Trinajstić information content (AvgIpc) is 3.15. The normalized spacial score (nSPS) is 13.8. The van der Waals surface area contributed by atoms with Gasteiger partial charge in [-0.25, -0.2) is 13.4 Å². The SMILES string of the molecule is O=S(=O)(Nc1nccs1)c1ccc2c(c1)OCCN2c1cccc(Cl)c1Cl. The van der Waals surface area contributed by atoms with Crippen LogP contribution in [-0.2, 0) is 10.0 Å². The molecule has 0 spiro atoms. The fraction of sp³-hybridized carbons (Fsp3) is 0.118. The molecule has 10 heteroatoms. The molecule has 1 aromatic heterocycles. The molecule has 2 aromatic carbocycles. The van der Waals surface area contributed by atoms with Gasteiger partial charge in [-0.3, -0.25) is 4.72 Å². The zero-order chi connectivity index (χ0) is 19.0. The van der Waals surface area contributed by atoms with Crippen molar-refractivity contribution in [2.45, 2.75) is 4.90 Å². The van der Waals surface area contributed by atoms with Crippen molar-refractivity contribution in [2.24, 2.45) is 0 Å². The maximum atomic E-state index is 12.6. The number of aromatic nitrogens is 1. The Morgan fingerprint density at radius 2 is 2.04 bits per heavy atom. The molecule has 0 amide bonds. The molecule has 1 aliphatic rings. The van der Waals surface area contributed by atoms with Gasteiger partial charge in [0.2, 0.25) is 0 Å². The maximum absolute atomic E-state index is 12.6. The predicted octanol–water partition coefficient (Wildman–Crippen LogP) is 4.78. The van der Waals surface area contributed by atoms with Crippen LogP contribution in [0.15, 0.2) is 52.9 Å². The van der Waals surface area contributed by atoms with E-state index in [4.69, 9.17) is 27.9 Å². The zero-order valence-electron chi connectivity index (χ0n) is 13.7. The Bertz CT molecular complexity index is 1090. The number of halogens is 2. The van der Waals surface area contributed by atoms with Crippen molar-refractivity contribution in [3.8, 4) is 5.75 Å². The van der Waals surface area contributed by atoms with Crippen LogP contribution in [0.25, 0.3) is 0 Å². The summed E-state index contributed by atoms with van der Waals surface area (Å²) >= 11 is 13.7. The number of hydrogen-bond acceptors (Lipinski definition) is 6. The molecule has 0 unspecified atom stereocenters. The fourth-order valence-electron chi connectivity index (χ4n) is 2.77. The summed E-state index contributed by atoms with van der Waals surface area (Å²) < 4.78 is 33.3. The fourth-order valence-corrected chi connectivity index (χ4v) is 4.97. The third kappa shape index (κ3) is 3.58.